The van der Waals surface area contributed by atoms with Crippen molar-refractivity contribution in [1.29, 1.82) is 0 Å². The summed E-state index contributed by atoms with van der Waals surface area (Å²) in [6, 6.07) is 21.2. The van der Waals surface area contributed by atoms with E-state index < -0.39 is 0 Å². The van der Waals surface area contributed by atoms with Crippen LogP contribution in [0.1, 0.15) is 16.7 Å². The minimum absolute atomic E-state index is 0.555. The van der Waals surface area contributed by atoms with Gasteiger partial charge in [-0.3, -0.25) is 0 Å². The minimum atomic E-state index is 0.555. The number of nitrogens with one attached hydrogen (secondary N) is 1. The predicted octanol–water partition coefficient (Wildman–Crippen LogP) is 4.46. The highest BCUT2D eigenvalue weighted by atomic mass is 16.5. The van der Waals surface area contributed by atoms with Gasteiger partial charge < -0.3 is 14.8 Å². The predicted molar refractivity (Wildman–Crippen MR) is 103 cm³/mol. The van der Waals surface area contributed by atoms with Crippen LogP contribution in [0, 0.1) is 6.92 Å². The van der Waals surface area contributed by atoms with E-state index in [2.05, 4.69) is 72.9 Å². The molecule has 1 N–H and O–H groups in total. The summed E-state index contributed by atoms with van der Waals surface area (Å²) in [5, 5.41) is 6.02. The number of aryl methyl sites for hydroxylation is 1. The molecule has 3 heteroatoms. The monoisotopic (exact) mass is 335 g/mol. The highest BCUT2D eigenvalue weighted by Crippen LogP contribution is 2.28. The van der Waals surface area contributed by atoms with Gasteiger partial charge in [0.25, 0.3) is 0 Å². The Morgan fingerprint density at radius 2 is 1.76 bits per heavy atom. The summed E-state index contributed by atoms with van der Waals surface area (Å²) in [7, 11) is 1.69. The second-order valence-electron chi connectivity index (χ2n) is 6.20. The molecular formula is C22H25NO2. The quantitative estimate of drug-likeness (QED) is 0.616. The molecular weight excluding hydrogens is 310 g/mol. The highest BCUT2D eigenvalue weighted by molar-refractivity contribution is 5.87. The molecule has 0 aromatic heterocycles. The van der Waals surface area contributed by atoms with Gasteiger partial charge in [-0.2, -0.15) is 0 Å². The summed E-state index contributed by atoms with van der Waals surface area (Å²) in [4.78, 5) is 0. The summed E-state index contributed by atoms with van der Waals surface area (Å²) in [6.45, 7) is 4.86. The highest BCUT2D eigenvalue weighted by Gasteiger charge is 2.09. The first-order chi connectivity index (χ1) is 12.3. The van der Waals surface area contributed by atoms with E-state index in [1.807, 2.05) is 0 Å². The fourth-order valence-corrected chi connectivity index (χ4v) is 3.02. The Labute approximate surface area is 149 Å². The fourth-order valence-electron chi connectivity index (χ4n) is 3.02. The third-order valence-electron chi connectivity index (χ3n) is 4.26. The normalized spacial score (nSPS) is 11.0. The number of ether oxygens (including phenoxy) is 2. The molecule has 0 amide bonds. The molecule has 3 rings (SSSR count). The lowest BCUT2D eigenvalue weighted by molar-refractivity contribution is 0.146. The second kappa shape index (κ2) is 8.65. The maximum absolute atomic E-state index is 5.94. The molecule has 0 fully saturated rings. The SMILES string of the molecule is COCCOc1ccc2ccccc2c1CNCc1cccc(C)c1. The Morgan fingerprint density at radius 1 is 0.880 bits per heavy atom. The Kier molecular flexibility index (Phi) is 6.04. The first kappa shape index (κ1) is 17.5. The smallest absolute Gasteiger partial charge is 0.124 e. The molecule has 0 radical (unpaired) electrons. The zero-order valence-electron chi connectivity index (χ0n) is 14.9. The van der Waals surface area contributed by atoms with E-state index in [4.69, 9.17) is 9.47 Å². The Balaban J connectivity index is 1.78. The lowest BCUT2D eigenvalue weighted by Gasteiger charge is -2.15. The molecule has 0 bridgehead atoms. The molecule has 0 aliphatic carbocycles. The van der Waals surface area contributed by atoms with Gasteiger partial charge >= 0.3 is 0 Å². The van der Waals surface area contributed by atoms with Crippen LogP contribution in [-0.2, 0) is 17.8 Å². The summed E-state index contributed by atoms with van der Waals surface area (Å²) in [5.41, 5.74) is 3.77. The molecule has 3 nitrogen and oxygen atoms in total. The second-order valence-corrected chi connectivity index (χ2v) is 6.20. The van der Waals surface area contributed by atoms with Gasteiger partial charge in [-0.15, -0.1) is 0 Å². The van der Waals surface area contributed by atoms with Gasteiger partial charge in [-0.05, 0) is 29.3 Å². The van der Waals surface area contributed by atoms with Crippen LogP contribution in [0.2, 0.25) is 0 Å². The first-order valence-electron chi connectivity index (χ1n) is 8.66. The third-order valence-corrected chi connectivity index (χ3v) is 4.26. The van der Waals surface area contributed by atoms with Crippen molar-refractivity contribution in [1.82, 2.24) is 5.32 Å². The topological polar surface area (TPSA) is 30.5 Å². The van der Waals surface area contributed by atoms with E-state index in [1.54, 1.807) is 7.11 Å². The maximum atomic E-state index is 5.94. The van der Waals surface area contributed by atoms with Crippen LogP contribution in [0.4, 0.5) is 0 Å². The van der Waals surface area contributed by atoms with Crippen molar-refractivity contribution in [2.75, 3.05) is 20.3 Å². The molecule has 25 heavy (non-hydrogen) atoms. The Morgan fingerprint density at radius 3 is 2.60 bits per heavy atom. The number of methoxy groups -OCH3 is 1. The first-order valence-corrected chi connectivity index (χ1v) is 8.66. The fraction of sp³-hybridized carbons (Fsp3) is 0.273. The van der Waals surface area contributed by atoms with Gasteiger partial charge in [0.15, 0.2) is 0 Å². The molecule has 3 aromatic carbocycles. The van der Waals surface area contributed by atoms with Gasteiger partial charge in [0.1, 0.15) is 12.4 Å². The van der Waals surface area contributed by atoms with Gasteiger partial charge in [0.05, 0.1) is 6.61 Å². The van der Waals surface area contributed by atoms with Crippen molar-refractivity contribution in [3.05, 3.63) is 77.4 Å². The minimum Gasteiger partial charge on any atom is -0.491 e. The number of rotatable bonds is 8. The van der Waals surface area contributed by atoms with Crippen molar-refractivity contribution in [3.8, 4) is 5.75 Å². The third kappa shape index (κ3) is 4.59. The van der Waals surface area contributed by atoms with Crippen LogP contribution >= 0.6 is 0 Å². The molecule has 0 aliphatic heterocycles. The maximum Gasteiger partial charge on any atom is 0.124 e. The number of fused-ring (bicyclic) bond motifs is 1. The van der Waals surface area contributed by atoms with Crippen molar-refractivity contribution in [2.45, 2.75) is 20.0 Å². The molecule has 130 valence electrons. The van der Waals surface area contributed by atoms with Crippen molar-refractivity contribution in [2.24, 2.45) is 0 Å². The van der Waals surface area contributed by atoms with Gasteiger partial charge in [-0.25, -0.2) is 0 Å². The summed E-state index contributed by atoms with van der Waals surface area (Å²) in [6.07, 6.45) is 0. The van der Waals surface area contributed by atoms with E-state index in [-0.39, 0.29) is 0 Å². The molecule has 0 aliphatic rings. The lowest BCUT2D eigenvalue weighted by Crippen LogP contribution is -2.15. The van der Waals surface area contributed by atoms with Crippen molar-refractivity contribution in [3.63, 3.8) is 0 Å². The lowest BCUT2D eigenvalue weighted by atomic mass is 10.0. The molecule has 0 saturated carbocycles. The van der Waals surface area contributed by atoms with Gasteiger partial charge in [-0.1, -0.05) is 60.2 Å². The molecule has 0 atom stereocenters. The van der Waals surface area contributed by atoms with Crippen molar-refractivity contribution >= 4 is 10.8 Å². The average molecular weight is 335 g/mol. The molecule has 0 unspecified atom stereocenters. The largest absolute Gasteiger partial charge is 0.491 e. The summed E-state index contributed by atoms with van der Waals surface area (Å²) in [5.74, 6) is 0.924. The number of hydrogen-bond donors (Lipinski definition) is 1. The van der Waals surface area contributed by atoms with E-state index in [9.17, 15) is 0 Å². The molecule has 3 aromatic rings. The van der Waals surface area contributed by atoms with Crippen molar-refractivity contribution < 1.29 is 9.47 Å². The van der Waals surface area contributed by atoms with Crippen LogP contribution < -0.4 is 10.1 Å². The van der Waals surface area contributed by atoms with Gasteiger partial charge in [0, 0.05) is 25.8 Å². The van der Waals surface area contributed by atoms with E-state index in [0.717, 1.165) is 18.8 Å². The van der Waals surface area contributed by atoms with Crippen LogP contribution in [0.3, 0.4) is 0 Å². The van der Waals surface area contributed by atoms with Gasteiger partial charge in [0.2, 0.25) is 0 Å². The average Bonchev–Trinajstić information content (AvgIpc) is 2.63. The standard InChI is InChI=1S/C22H25NO2/c1-17-6-5-7-18(14-17)15-23-16-21-20-9-4-3-8-19(20)10-11-22(21)25-13-12-24-2/h3-11,14,23H,12-13,15-16H2,1-2H3. The van der Waals surface area contributed by atoms with E-state index in [1.165, 1.54) is 27.5 Å². The summed E-state index contributed by atoms with van der Waals surface area (Å²) < 4.78 is 11.0. The molecule has 0 heterocycles. The Bertz CT molecular complexity index is 829. The van der Waals surface area contributed by atoms with Crippen LogP contribution in [0.25, 0.3) is 10.8 Å². The number of benzene rings is 3. The number of hydrogen-bond acceptors (Lipinski definition) is 3. The zero-order valence-corrected chi connectivity index (χ0v) is 14.9. The van der Waals surface area contributed by atoms with E-state index >= 15 is 0 Å². The summed E-state index contributed by atoms with van der Waals surface area (Å²) >= 11 is 0. The Hall–Kier alpha value is -2.36. The van der Waals surface area contributed by atoms with E-state index in [0.29, 0.717) is 13.2 Å². The van der Waals surface area contributed by atoms with Crippen LogP contribution in [0.15, 0.2) is 60.7 Å². The van der Waals surface area contributed by atoms with Crippen LogP contribution in [0.5, 0.6) is 5.75 Å². The zero-order chi connectivity index (χ0) is 17.5. The van der Waals surface area contributed by atoms with Crippen LogP contribution in [-0.4, -0.2) is 20.3 Å². The molecule has 0 saturated heterocycles. The molecule has 0 spiro atoms.